The van der Waals surface area contributed by atoms with Gasteiger partial charge in [0.25, 0.3) is 0 Å². The van der Waals surface area contributed by atoms with E-state index in [0.717, 1.165) is 29.0 Å². The summed E-state index contributed by atoms with van der Waals surface area (Å²) in [4.78, 5) is 86.9. The number of imidazole rings is 1. The average molecular weight is 838 g/mol. The van der Waals surface area contributed by atoms with Crippen LogP contribution < -0.4 is 16.4 Å². The van der Waals surface area contributed by atoms with Gasteiger partial charge < -0.3 is 50.9 Å². The summed E-state index contributed by atoms with van der Waals surface area (Å²) in [6.07, 6.45) is -6.89. The molecular weight excluding hydrogens is 795 g/mol. The number of carbonyl (C=O) groups excluding carboxylic acids is 3. The molecule has 3 heterocycles. The van der Waals surface area contributed by atoms with Crippen LogP contribution in [0.5, 0.6) is 0 Å². The van der Waals surface area contributed by atoms with E-state index >= 15 is 0 Å². The lowest BCUT2D eigenvalue weighted by molar-refractivity contribution is -0.137. The highest BCUT2D eigenvalue weighted by molar-refractivity contribution is 8.13. The highest BCUT2D eigenvalue weighted by Gasteiger charge is 2.50. The molecule has 53 heavy (non-hydrogen) atoms. The number of ether oxygens (including phenoxy) is 1. The van der Waals surface area contributed by atoms with Crippen LogP contribution in [0.15, 0.2) is 12.7 Å². The zero-order chi connectivity index (χ0) is 39.9. The second-order valence-electron chi connectivity index (χ2n) is 12.4. The van der Waals surface area contributed by atoms with Crippen molar-refractivity contribution in [3.8, 4) is 0 Å². The van der Waals surface area contributed by atoms with Crippen molar-refractivity contribution in [1.82, 2.24) is 30.2 Å². The van der Waals surface area contributed by atoms with Crippen molar-refractivity contribution < 1.29 is 80.5 Å². The molecule has 10 N–H and O–H groups in total. The number of nitrogen functional groups attached to an aromatic ring is 1. The van der Waals surface area contributed by atoms with Crippen LogP contribution in [0.2, 0.25) is 0 Å². The third kappa shape index (κ3) is 13.4. The minimum Gasteiger partial charge on any atom is -0.386 e. The first-order valence-corrected chi connectivity index (χ1v) is 21.0. The van der Waals surface area contributed by atoms with Gasteiger partial charge in [-0.1, -0.05) is 39.5 Å². The lowest BCUT2D eigenvalue weighted by Crippen LogP contribution is -2.46. The van der Waals surface area contributed by atoms with Crippen LogP contribution in [-0.2, 0) is 50.7 Å². The fraction of sp³-hybridized carbons (Fsp3) is 0.680. The van der Waals surface area contributed by atoms with E-state index in [9.17, 15) is 57.9 Å². The van der Waals surface area contributed by atoms with E-state index < -0.39 is 84.6 Å². The molecule has 28 heteroatoms. The van der Waals surface area contributed by atoms with Crippen molar-refractivity contribution in [1.29, 1.82) is 0 Å². The molecule has 2 amide bonds. The number of rotatable bonds is 20. The van der Waals surface area contributed by atoms with E-state index in [1.54, 1.807) is 13.8 Å². The van der Waals surface area contributed by atoms with Crippen molar-refractivity contribution in [2.45, 2.75) is 64.8 Å². The van der Waals surface area contributed by atoms with Gasteiger partial charge in [-0.25, -0.2) is 28.6 Å². The number of phosphoric acid groups is 3. The number of aromatic nitrogens is 4. The normalized spacial score (nSPS) is 22.3. The number of hydrogen-bond donors (Lipinski definition) is 9. The zero-order valence-electron chi connectivity index (χ0n) is 28.7. The van der Waals surface area contributed by atoms with Crippen LogP contribution in [0, 0.1) is 11.3 Å². The monoisotopic (exact) mass is 837 g/mol. The Morgan fingerprint density at radius 1 is 1.06 bits per heavy atom. The Bertz CT molecular complexity index is 1760. The second kappa shape index (κ2) is 18.5. The Labute approximate surface area is 306 Å². The standard InChI is InChI=1S/C25H42N7O17P3S/c1-13(2)24(37)53-8-7-27-15(33)5-6-28-22(36)19(35)25(3,4)10-46-52(43,44)49-51(41,42)45-9-14-18(48-50(38,39)40)17(34)23(47-14)32-12-31-16-20(26)29-11-30-21(16)32/h11-14,17-19,23,34-35H,5-10H2,1-4H3,(H,27,33)(H,28,36)(H,41,42)(H,43,44)(H2,26,29,30)(H2,38,39,40)/t14?,17-,18-,19+,23-/m1/s1. The van der Waals surface area contributed by atoms with Crippen molar-refractivity contribution in [2.24, 2.45) is 11.3 Å². The number of phosphoric ester groups is 3. The van der Waals surface area contributed by atoms with E-state index in [0.29, 0.717) is 5.75 Å². The van der Waals surface area contributed by atoms with Gasteiger partial charge in [-0.15, -0.1) is 0 Å². The number of carbonyl (C=O) groups is 3. The molecule has 1 aliphatic rings. The number of nitrogens with two attached hydrogens (primary N) is 1. The lowest BCUT2D eigenvalue weighted by atomic mass is 9.87. The molecule has 0 aliphatic carbocycles. The van der Waals surface area contributed by atoms with Gasteiger partial charge in [0.1, 0.15) is 36.3 Å². The first-order chi connectivity index (χ1) is 24.4. The summed E-state index contributed by atoms with van der Waals surface area (Å²) >= 11 is 1.08. The smallest absolute Gasteiger partial charge is 0.386 e. The highest BCUT2D eigenvalue weighted by atomic mass is 32.2. The Kier molecular flexibility index (Phi) is 15.7. The number of amides is 2. The van der Waals surface area contributed by atoms with E-state index in [1.165, 1.54) is 13.8 Å². The number of fused-ring (bicyclic) bond motifs is 1. The summed E-state index contributed by atoms with van der Waals surface area (Å²) in [7, 11) is -16.4. The molecule has 1 fully saturated rings. The summed E-state index contributed by atoms with van der Waals surface area (Å²) < 4.78 is 61.9. The Morgan fingerprint density at radius 2 is 1.72 bits per heavy atom. The summed E-state index contributed by atoms with van der Waals surface area (Å²) in [6, 6.07) is 0. The molecule has 3 rings (SSSR count). The largest absolute Gasteiger partial charge is 0.481 e. The zero-order valence-corrected chi connectivity index (χ0v) is 32.2. The minimum atomic E-state index is -5.56. The SMILES string of the molecule is CC(C)C(=O)SCCNC(=O)CCNC(=O)[C@H](O)C(C)(C)COP(=O)(O)OP(=O)(O)OCC1O[C@@H](n2cnc3c(N)ncnc32)[C@H](O)[C@@H]1OP(=O)(O)O. The number of nitrogens with one attached hydrogen (secondary N) is 2. The molecule has 0 spiro atoms. The predicted molar refractivity (Wildman–Crippen MR) is 182 cm³/mol. The van der Waals surface area contributed by atoms with Crippen LogP contribution >= 0.6 is 35.2 Å². The van der Waals surface area contributed by atoms with Crippen molar-refractivity contribution >= 4 is 69.1 Å². The van der Waals surface area contributed by atoms with Crippen molar-refractivity contribution in [2.75, 3.05) is 37.8 Å². The van der Waals surface area contributed by atoms with Crippen LogP contribution in [0.4, 0.5) is 5.82 Å². The van der Waals surface area contributed by atoms with E-state index in [-0.39, 0.29) is 47.5 Å². The number of aliphatic hydroxyl groups is 2. The summed E-state index contributed by atoms with van der Waals surface area (Å²) in [6.45, 7) is 4.03. The van der Waals surface area contributed by atoms with E-state index in [2.05, 4.69) is 34.4 Å². The molecule has 2 aromatic rings. The number of nitrogens with zero attached hydrogens (tertiary/aromatic N) is 4. The molecule has 0 bridgehead atoms. The Hall–Kier alpha value is -2.44. The van der Waals surface area contributed by atoms with E-state index in [1.807, 2.05) is 0 Å². The Morgan fingerprint density at radius 3 is 2.36 bits per heavy atom. The molecule has 1 saturated heterocycles. The van der Waals surface area contributed by atoms with Gasteiger partial charge in [-0.2, -0.15) is 4.31 Å². The summed E-state index contributed by atoms with van der Waals surface area (Å²) in [5.74, 6) is -1.22. The van der Waals surface area contributed by atoms with Crippen LogP contribution in [0.3, 0.4) is 0 Å². The molecule has 0 radical (unpaired) electrons. The summed E-state index contributed by atoms with van der Waals surface area (Å²) in [5, 5.41) is 26.3. The lowest BCUT2D eigenvalue weighted by Gasteiger charge is -2.30. The molecule has 0 saturated carbocycles. The third-order valence-corrected chi connectivity index (χ3v) is 11.5. The fourth-order valence-corrected chi connectivity index (χ4v) is 8.02. The molecule has 1 aliphatic heterocycles. The Balaban J connectivity index is 1.52. The van der Waals surface area contributed by atoms with Gasteiger partial charge in [0.05, 0.1) is 19.5 Å². The molecule has 3 unspecified atom stereocenters. The number of hydrogen-bond acceptors (Lipinski definition) is 18. The number of aliphatic hydroxyl groups excluding tert-OH is 2. The molecule has 24 nitrogen and oxygen atoms in total. The maximum Gasteiger partial charge on any atom is 0.481 e. The minimum absolute atomic E-state index is 0.0174. The van der Waals surface area contributed by atoms with Crippen molar-refractivity contribution in [3.05, 3.63) is 12.7 Å². The molecule has 0 aromatic carbocycles. The predicted octanol–water partition coefficient (Wildman–Crippen LogP) is -0.679. The van der Waals surface area contributed by atoms with Gasteiger partial charge in [0.15, 0.2) is 22.8 Å². The maximum atomic E-state index is 12.6. The van der Waals surface area contributed by atoms with Gasteiger partial charge in [-0.05, 0) is 0 Å². The molecule has 7 atom stereocenters. The highest BCUT2D eigenvalue weighted by Crippen LogP contribution is 2.61. The molecular formula is C25H42N7O17P3S. The quantitative estimate of drug-likeness (QED) is 0.0589. The number of anilines is 1. The topological polar surface area (TPSA) is 364 Å². The van der Waals surface area contributed by atoms with Crippen LogP contribution in [0.1, 0.15) is 40.3 Å². The number of thioether (sulfide) groups is 1. The van der Waals surface area contributed by atoms with Gasteiger partial charge in [-0.3, -0.25) is 32.5 Å². The first kappa shape index (κ1) is 45.0. The molecule has 2 aromatic heterocycles. The van der Waals surface area contributed by atoms with E-state index in [4.69, 9.17) is 19.5 Å². The van der Waals surface area contributed by atoms with Crippen LogP contribution in [0.25, 0.3) is 11.2 Å². The third-order valence-electron chi connectivity index (χ3n) is 7.22. The van der Waals surface area contributed by atoms with Gasteiger partial charge in [0.2, 0.25) is 11.8 Å². The fourth-order valence-electron chi connectivity index (χ4n) is 4.45. The van der Waals surface area contributed by atoms with Gasteiger partial charge in [0, 0.05) is 36.6 Å². The summed E-state index contributed by atoms with van der Waals surface area (Å²) in [5.41, 5.74) is 4.26. The van der Waals surface area contributed by atoms with Crippen molar-refractivity contribution in [3.63, 3.8) is 0 Å². The first-order valence-electron chi connectivity index (χ1n) is 15.5. The second-order valence-corrected chi connectivity index (χ2v) is 17.7. The van der Waals surface area contributed by atoms with Crippen LogP contribution in [-0.4, -0.2) is 123 Å². The molecule has 300 valence electrons. The average Bonchev–Trinajstić information content (AvgIpc) is 3.60. The maximum absolute atomic E-state index is 12.6. The van der Waals surface area contributed by atoms with Gasteiger partial charge >= 0.3 is 23.5 Å².